The Morgan fingerprint density at radius 1 is 1.03 bits per heavy atom. The van der Waals surface area contributed by atoms with Gasteiger partial charge in [-0.2, -0.15) is 5.26 Å². The summed E-state index contributed by atoms with van der Waals surface area (Å²) in [6.07, 6.45) is 1.48. The monoisotopic (exact) mass is 405 g/mol. The van der Waals surface area contributed by atoms with Gasteiger partial charge >= 0.3 is 0 Å². The van der Waals surface area contributed by atoms with Gasteiger partial charge in [0, 0.05) is 26.1 Å². The van der Waals surface area contributed by atoms with Gasteiger partial charge in [0.2, 0.25) is 5.91 Å². The molecule has 1 heterocycles. The zero-order chi connectivity index (χ0) is 21.3. The highest BCUT2D eigenvalue weighted by Crippen LogP contribution is 2.13. The largest absolute Gasteiger partial charge is 0.459 e. The minimum Gasteiger partial charge on any atom is -0.459 e. The Morgan fingerprint density at radius 2 is 1.80 bits per heavy atom. The van der Waals surface area contributed by atoms with E-state index in [2.05, 4.69) is 11.4 Å². The molecule has 0 saturated heterocycles. The van der Waals surface area contributed by atoms with Gasteiger partial charge in [0.1, 0.15) is 5.82 Å². The van der Waals surface area contributed by atoms with Crippen molar-refractivity contribution in [3.8, 4) is 6.07 Å². The fraction of sp³-hybridized carbons (Fsp3) is 0.174. The van der Waals surface area contributed by atoms with Crippen LogP contribution in [-0.2, 0) is 17.9 Å². The Morgan fingerprint density at radius 3 is 2.47 bits per heavy atom. The van der Waals surface area contributed by atoms with Crippen LogP contribution in [0.1, 0.15) is 33.7 Å². The number of benzene rings is 2. The molecule has 2 amide bonds. The van der Waals surface area contributed by atoms with Crippen molar-refractivity contribution in [3.05, 3.63) is 95.2 Å². The molecule has 6 nitrogen and oxygen atoms in total. The van der Waals surface area contributed by atoms with Crippen molar-refractivity contribution in [1.82, 2.24) is 10.2 Å². The van der Waals surface area contributed by atoms with Crippen LogP contribution in [0.4, 0.5) is 4.39 Å². The number of hydrogen-bond donors (Lipinski definition) is 1. The maximum Gasteiger partial charge on any atom is 0.286 e. The lowest BCUT2D eigenvalue weighted by molar-refractivity contribution is -0.132. The first kappa shape index (κ1) is 20.8. The molecule has 3 aromatic rings. The van der Waals surface area contributed by atoms with Crippen LogP contribution in [0.25, 0.3) is 0 Å². The number of halogens is 1. The maximum absolute atomic E-state index is 13.6. The van der Waals surface area contributed by atoms with Gasteiger partial charge in [-0.1, -0.05) is 24.3 Å². The fourth-order valence-corrected chi connectivity index (χ4v) is 2.93. The van der Waals surface area contributed by atoms with E-state index in [1.165, 1.54) is 24.5 Å². The van der Waals surface area contributed by atoms with Gasteiger partial charge in [-0.25, -0.2) is 4.39 Å². The molecule has 0 aliphatic heterocycles. The molecule has 0 radical (unpaired) electrons. The van der Waals surface area contributed by atoms with E-state index >= 15 is 0 Å². The van der Waals surface area contributed by atoms with E-state index < -0.39 is 5.91 Å². The fourth-order valence-electron chi connectivity index (χ4n) is 2.93. The molecular formula is C23H20FN3O3. The van der Waals surface area contributed by atoms with Crippen LogP contribution in [0.5, 0.6) is 0 Å². The van der Waals surface area contributed by atoms with Crippen LogP contribution in [0.3, 0.4) is 0 Å². The van der Waals surface area contributed by atoms with Gasteiger partial charge in [0.25, 0.3) is 5.91 Å². The van der Waals surface area contributed by atoms with E-state index in [-0.39, 0.29) is 37.0 Å². The van der Waals surface area contributed by atoms with Gasteiger partial charge in [-0.15, -0.1) is 0 Å². The number of carbonyl (C=O) groups is 2. The summed E-state index contributed by atoms with van der Waals surface area (Å²) in [6.45, 7) is 0.668. The van der Waals surface area contributed by atoms with Crippen molar-refractivity contribution in [2.24, 2.45) is 0 Å². The molecule has 0 unspecified atom stereocenters. The predicted octanol–water partition coefficient (Wildman–Crippen LogP) is 3.64. The van der Waals surface area contributed by atoms with E-state index in [0.717, 1.165) is 5.56 Å². The molecule has 0 saturated carbocycles. The standard InChI is InChI=1S/C23H20FN3O3/c24-20-4-1-3-19(13-20)16-27(15-18-8-6-17(14-25)7-9-18)22(28)10-11-26-23(29)21-5-2-12-30-21/h1-9,12-13H,10-11,15-16H2,(H,26,29). The Bertz CT molecular complexity index is 1040. The average Bonchev–Trinajstić information content (AvgIpc) is 3.29. The number of nitrogens with one attached hydrogen (secondary N) is 1. The van der Waals surface area contributed by atoms with Gasteiger partial charge in [0.15, 0.2) is 5.76 Å². The smallest absolute Gasteiger partial charge is 0.286 e. The normalized spacial score (nSPS) is 10.3. The van der Waals surface area contributed by atoms with Crippen molar-refractivity contribution in [1.29, 1.82) is 5.26 Å². The zero-order valence-corrected chi connectivity index (χ0v) is 16.2. The zero-order valence-electron chi connectivity index (χ0n) is 16.2. The SMILES string of the molecule is N#Cc1ccc(CN(Cc2cccc(F)c2)C(=O)CCNC(=O)c2ccco2)cc1. The Balaban J connectivity index is 1.66. The van der Waals surface area contributed by atoms with Crippen LogP contribution >= 0.6 is 0 Å². The Labute approximate surface area is 173 Å². The lowest BCUT2D eigenvalue weighted by Crippen LogP contribution is -2.34. The third-order valence-electron chi connectivity index (χ3n) is 4.44. The van der Waals surface area contributed by atoms with Crippen molar-refractivity contribution in [2.45, 2.75) is 19.5 Å². The first-order valence-corrected chi connectivity index (χ1v) is 9.38. The topological polar surface area (TPSA) is 86.3 Å². The summed E-state index contributed by atoms with van der Waals surface area (Å²) in [7, 11) is 0. The molecule has 0 aliphatic rings. The Kier molecular flexibility index (Phi) is 6.95. The molecule has 0 fully saturated rings. The molecule has 1 N–H and O–H groups in total. The van der Waals surface area contributed by atoms with E-state index in [1.54, 1.807) is 47.4 Å². The highest BCUT2D eigenvalue weighted by molar-refractivity contribution is 5.91. The van der Waals surface area contributed by atoms with Gasteiger partial charge in [-0.05, 0) is 47.5 Å². The summed E-state index contributed by atoms with van der Waals surface area (Å²) < 4.78 is 18.6. The number of carbonyl (C=O) groups excluding carboxylic acids is 2. The van der Waals surface area contributed by atoms with Crippen molar-refractivity contribution >= 4 is 11.8 Å². The number of nitrogens with zero attached hydrogens (tertiary/aromatic N) is 2. The third-order valence-corrected chi connectivity index (χ3v) is 4.44. The summed E-state index contributed by atoms with van der Waals surface area (Å²) >= 11 is 0. The highest BCUT2D eigenvalue weighted by atomic mass is 19.1. The van der Waals surface area contributed by atoms with Gasteiger partial charge in [0.05, 0.1) is 17.9 Å². The summed E-state index contributed by atoms with van der Waals surface area (Å²) in [6, 6.07) is 18.2. The van der Waals surface area contributed by atoms with Crippen molar-refractivity contribution in [3.63, 3.8) is 0 Å². The van der Waals surface area contributed by atoms with Crippen LogP contribution in [0.2, 0.25) is 0 Å². The molecule has 0 spiro atoms. The highest BCUT2D eigenvalue weighted by Gasteiger charge is 2.16. The molecular weight excluding hydrogens is 385 g/mol. The molecule has 152 valence electrons. The van der Waals surface area contributed by atoms with Crippen LogP contribution in [-0.4, -0.2) is 23.3 Å². The van der Waals surface area contributed by atoms with Crippen LogP contribution < -0.4 is 5.32 Å². The number of nitriles is 1. The quantitative estimate of drug-likeness (QED) is 0.620. The molecule has 2 aromatic carbocycles. The van der Waals surface area contributed by atoms with Crippen molar-refractivity contribution in [2.75, 3.05) is 6.54 Å². The van der Waals surface area contributed by atoms with Gasteiger partial charge in [-0.3, -0.25) is 9.59 Å². The second kappa shape index (κ2) is 10.0. The Hall–Kier alpha value is -3.92. The predicted molar refractivity (Wildman–Crippen MR) is 107 cm³/mol. The first-order valence-electron chi connectivity index (χ1n) is 9.38. The summed E-state index contributed by atoms with van der Waals surface area (Å²) in [4.78, 5) is 26.4. The number of rotatable bonds is 8. The number of hydrogen-bond acceptors (Lipinski definition) is 4. The van der Waals surface area contributed by atoms with E-state index in [4.69, 9.17) is 9.68 Å². The molecule has 3 rings (SSSR count). The molecule has 0 atom stereocenters. The molecule has 0 aliphatic carbocycles. The maximum atomic E-state index is 13.6. The first-order chi connectivity index (χ1) is 14.5. The van der Waals surface area contributed by atoms with E-state index in [1.807, 2.05) is 0 Å². The van der Waals surface area contributed by atoms with E-state index in [0.29, 0.717) is 17.7 Å². The number of amides is 2. The minimum absolute atomic E-state index is 0.0814. The lowest BCUT2D eigenvalue weighted by Gasteiger charge is -2.23. The third kappa shape index (κ3) is 5.79. The van der Waals surface area contributed by atoms with Gasteiger partial charge < -0.3 is 14.6 Å². The lowest BCUT2D eigenvalue weighted by atomic mass is 10.1. The summed E-state index contributed by atoms with van der Waals surface area (Å²) in [5.41, 5.74) is 2.04. The second-order valence-corrected chi connectivity index (χ2v) is 6.67. The second-order valence-electron chi connectivity index (χ2n) is 6.67. The van der Waals surface area contributed by atoms with Crippen molar-refractivity contribution < 1.29 is 18.4 Å². The van der Waals surface area contributed by atoms with Crippen LogP contribution in [0, 0.1) is 17.1 Å². The van der Waals surface area contributed by atoms with Crippen LogP contribution in [0.15, 0.2) is 71.3 Å². The minimum atomic E-state index is -0.392. The number of furan rings is 1. The summed E-state index contributed by atoms with van der Waals surface area (Å²) in [5.74, 6) is -0.777. The molecule has 1 aromatic heterocycles. The molecule has 7 heteroatoms. The van der Waals surface area contributed by atoms with E-state index in [9.17, 15) is 14.0 Å². The average molecular weight is 405 g/mol. The molecule has 30 heavy (non-hydrogen) atoms. The molecule has 0 bridgehead atoms. The summed E-state index contributed by atoms with van der Waals surface area (Å²) in [5, 5.41) is 11.6.